The van der Waals surface area contributed by atoms with E-state index in [0.29, 0.717) is 25.0 Å². The summed E-state index contributed by atoms with van der Waals surface area (Å²) in [6, 6.07) is 0.832. The molecule has 1 saturated carbocycles. The number of carbonyl (C=O) groups is 1. The number of amides is 1. The molecule has 1 fully saturated rings. The minimum atomic E-state index is 0.158. The van der Waals surface area contributed by atoms with E-state index in [1.807, 2.05) is 0 Å². The van der Waals surface area contributed by atoms with Crippen LogP contribution in [0.1, 0.15) is 52.9 Å². The van der Waals surface area contributed by atoms with Crippen molar-refractivity contribution in [3.63, 3.8) is 0 Å². The number of rotatable bonds is 8. The molecular weight excluding hydrogens is 238 g/mol. The lowest BCUT2D eigenvalue weighted by Crippen LogP contribution is -2.46. The van der Waals surface area contributed by atoms with Gasteiger partial charge in [-0.1, -0.05) is 26.7 Å². The number of nitrogens with two attached hydrogens (primary N) is 1. The highest BCUT2D eigenvalue weighted by Crippen LogP contribution is 2.23. The quantitative estimate of drug-likeness (QED) is 0.705. The van der Waals surface area contributed by atoms with Crippen LogP contribution < -0.4 is 11.1 Å². The third-order valence-corrected chi connectivity index (χ3v) is 4.23. The average Bonchev–Trinajstić information content (AvgIpc) is 2.87. The molecule has 1 amide bonds. The minimum Gasteiger partial charge on any atom is -0.352 e. The third kappa shape index (κ3) is 5.91. The molecule has 0 saturated heterocycles. The lowest BCUT2D eigenvalue weighted by molar-refractivity contribution is -0.123. The first-order valence-electron chi connectivity index (χ1n) is 7.78. The van der Waals surface area contributed by atoms with Crippen molar-refractivity contribution < 1.29 is 4.79 Å². The molecule has 0 aromatic heterocycles. The van der Waals surface area contributed by atoms with Crippen LogP contribution in [0.25, 0.3) is 0 Å². The van der Waals surface area contributed by atoms with Gasteiger partial charge in [-0.05, 0) is 38.6 Å². The molecular formula is C15H31N3O. The van der Waals surface area contributed by atoms with Crippen LogP contribution in [0.5, 0.6) is 0 Å². The van der Waals surface area contributed by atoms with E-state index in [9.17, 15) is 4.79 Å². The molecule has 0 aromatic carbocycles. The largest absolute Gasteiger partial charge is 0.352 e. The number of carbonyl (C=O) groups excluding carboxylic acids is 1. The molecule has 0 heterocycles. The molecule has 1 aliphatic carbocycles. The highest BCUT2D eigenvalue weighted by molar-refractivity contribution is 5.78. The maximum atomic E-state index is 12.1. The maximum Gasteiger partial charge on any atom is 0.234 e. The van der Waals surface area contributed by atoms with Crippen LogP contribution in [0.15, 0.2) is 0 Å². The first-order chi connectivity index (χ1) is 9.04. The van der Waals surface area contributed by atoms with E-state index in [1.54, 1.807) is 0 Å². The summed E-state index contributed by atoms with van der Waals surface area (Å²) in [6.07, 6.45) is 6.04. The van der Waals surface area contributed by atoms with E-state index < -0.39 is 0 Å². The normalized spacial score (nSPS) is 18.2. The van der Waals surface area contributed by atoms with Gasteiger partial charge in [0.15, 0.2) is 0 Å². The summed E-state index contributed by atoms with van der Waals surface area (Å²) in [7, 11) is 0. The Hall–Kier alpha value is -0.610. The van der Waals surface area contributed by atoms with Crippen molar-refractivity contribution in [1.82, 2.24) is 10.2 Å². The Bertz CT molecular complexity index is 262. The van der Waals surface area contributed by atoms with Crippen molar-refractivity contribution >= 4 is 5.91 Å². The summed E-state index contributed by atoms with van der Waals surface area (Å²) < 4.78 is 0. The zero-order chi connectivity index (χ0) is 14.3. The second kappa shape index (κ2) is 8.54. The van der Waals surface area contributed by atoms with Crippen molar-refractivity contribution in [2.75, 3.05) is 19.6 Å². The van der Waals surface area contributed by atoms with Crippen LogP contribution in [-0.4, -0.2) is 42.5 Å². The molecule has 4 heteroatoms. The molecule has 1 unspecified atom stereocenters. The summed E-state index contributed by atoms with van der Waals surface area (Å²) in [5.41, 5.74) is 5.60. The van der Waals surface area contributed by atoms with Gasteiger partial charge in [-0.2, -0.15) is 0 Å². The molecule has 4 nitrogen and oxygen atoms in total. The zero-order valence-corrected chi connectivity index (χ0v) is 12.8. The number of hydrogen-bond acceptors (Lipinski definition) is 3. The van der Waals surface area contributed by atoms with Gasteiger partial charge in [0.25, 0.3) is 0 Å². The first-order valence-corrected chi connectivity index (χ1v) is 7.78. The lowest BCUT2D eigenvalue weighted by Gasteiger charge is -2.29. The van der Waals surface area contributed by atoms with E-state index in [-0.39, 0.29) is 11.9 Å². The van der Waals surface area contributed by atoms with Gasteiger partial charge in [-0.25, -0.2) is 0 Å². The molecule has 1 aliphatic rings. The molecule has 0 radical (unpaired) electrons. The van der Waals surface area contributed by atoms with Gasteiger partial charge in [0, 0.05) is 18.6 Å². The van der Waals surface area contributed by atoms with E-state index in [1.165, 1.54) is 25.7 Å². The standard InChI is InChI=1S/C15H31N3O/c1-12(2)13(3)17-15(19)11-18(10-6-9-16)14-7-4-5-8-14/h12-14H,4-11,16H2,1-3H3,(H,17,19). The second-order valence-corrected chi connectivity index (χ2v) is 6.15. The summed E-state index contributed by atoms with van der Waals surface area (Å²) in [4.78, 5) is 14.4. The Balaban J connectivity index is 2.44. The van der Waals surface area contributed by atoms with Gasteiger partial charge in [0.2, 0.25) is 5.91 Å². The number of hydrogen-bond donors (Lipinski definition) is 2. The predicted molar refractivity (Wildman–Crippen MR) is 79.9 cm³/mol. The molecule has 19 heavy (non-hydrogen) atoms. The molecule has 1 rings (SSSR count). The van der Waals surface area contributed by atoms with E-state index >= 15 is 0 Å². The van der Waals surface area contributed by atoms with Crippen LogP contribution in [0.2, 0.25) is 0 Å². The Morgan fingerprint density at radius 3 is 2.47 bits per heavy atom. The van der Waals surface area contributed by atoms with E-state index in [4.69, 9.17) is 5.73 Å². The molecule has 112 valence electrons. The summed E-state index contributed by atoms with van der Waals surface area (Å²) in [5.74, 6) is 0.637. The molecule has 3 N–H and O–H groups in total. The molecule has 0 spiro atoms. The molecule has 0 aliphatic heterocycles. The Morgan fingerprint density at radius 1 is 1.32 bits per heavy atom. The number of nitrogens with one attached hydrogen (secondary N) is 1. The van der Waals surface area contributed by atoms with Crippen molar-refractivity contribution in [3.8, 4) is 0 Å². The third-order valence-electron chi connectivity index (χ3n) is 4.23. The van der Waals surface area contributed by atoms with Crippen LogP contribution in [0, 0.1) is 5.92 Å². The topological polar surface area (TPSA) is 58.4 Å². The fraction of sp³-hybridized carbons (Fsp3) is 0.933. The Labute approximate surface area is 118 Å². The van der Waals surface area contributed by atoms with Gasteiger partial charge in [-0.3, -0.25) is 9.69 Å². The molecule has 0 bridgehead atoms. The predicted octanol–water partition coefficient (Wildman–Crippen LogP) is 1.74. The van der Waals surface area contributed by atoms with Crippen molar-refractivity contribution in [2.45, 2.75) is 65.0 Å². The van der Waals surface area contributed by atoms with Crippen LogP contribution in [0.4, 0.5) is 0 Å². The van der Waals surface area contributed by atoms with Gasteiger partial charge < -0.3 is 11.1 Å². The fourth-order valence-electron chi connectivity index (χ4n) is 2.61. The summed E-state index contributed by atoms with van der Waals surface area (Å²) in [6.45, 7) is 8.52. The van der Waals surface area contributed by atoms with Gasteiger partial charge in [0.1, 0.15) is 0 Å². The van der Waals surface area contributed by atoms with Gasteiger partial charge >= 0.3 is 0 Å². The van der Waals surface area contributed by atoms with E-state index in [2.05, 4.69) is 31.0 Å². The van der Waals surface area contributed by atoms with Crippen LogP contribution in [-0.2, 0) is 4.79 Å². The minimum absolute atomic E-state index is 0.158. The van der Waals surface area contributed by atoms with Crippen molar-refractivity contribution in [2.24, 2.45) is 11.7 Å². The highest BCUT2D eigenvalue weighted by atomic mass is 16.2. The summed E-state index contributed by atoms with van der Waals surface area (Å²) >= 11 is 0. The smallest absolute Gasteiger partial charge is 0.234 e. The summed E-state index contributed by atoms with van der Waals surface area (Å²) in [5, 5.41) is 3.10. The zero-order valence-electron chi connectivity index (χ0n) is 12.8. The van der Waals surface area contributed by atoms with Crippen molar-refractivity contribution in [3.05, 3.63) is 0 Å². The Kier molecular flexibility index (Phi) is 7.39. The maximum absolute atomic E-state index is 12.1. The van der Waals surface area contributed by atoms with Crippen LogP contribution >= 0.6 is 0 Å². The highest BCUT2D eigenvalue weighted by Gasteiger charge is 2.24. The van der Waals surface area contributed by atoms with Crippen LogP contribution in [0.3, 0.4) is 0 Å². The monoisotopic (exact) mass is 269 g/mol. The SMILES string of the molecule is CC(C)C(C)NC(=O)CN(CCCN)C1CCCC1. The van der Waals surface area contributed by atoms with E-state index in [0.717, 1.165) is 13.0 Å². The van der Waals surface area contributed by atoms with Gasteiger partial charge in [0.05, 0.1) is 6.54 Å². The fourth-order valence-corrected chi connectivity index (χ4v) is 2.61. The lowest BCUT2D eigenvalue weighted by atomic mass is 10.1. The molecule has 0 aromatic rings. The Morgan fingerprint density at radius 2 is 1.95 bits per heavy atom. The first kappa shape index (κ1) is 16.4. The van der Waals surface area contributed by atoms with Gasteiger partial charge in [-0.15, -0.1) is 0 Å². The second-order valence-electron chi connectivity index (χ2n) is 6.15. The number of nitrogens with zero attached hydrogens (tertiary/aromatic N) is 1. The molecule has 1 atom stereocenters. The van der Waals surface area contributed by atoms with Crippen molar-refractivity contribution in [1.29, 1.82) is 0 Å². The average molecular weight is 269 g/mol.